The standard InChI is InChI=1S/C16H11BrN2O2S/c17-11-5-3-4-10(8-11)9-14-15(21)19-16(22-14)18-12-6-1-2-7-13(12)20/h1-9,20H,(H,18,19,21)/b14-9-. The minimum atomic E-state index is -0.195. The molecular weight excluding hydrogens is 364 g/mol. The number of amides is 1. The summed E-state index contributed by atoms with van der Waals surface area (Å²) in [7, 11) is 0. The van der Waals surface area contributed by atoms with E-state index in [0.717, 1.165) is 10.0 Å². The molecule has 1 aliphatic heterocycles. The summed E-state index contributed by atoms with van der Waals surface area (Å²) in [5, 5.41) is 12.9. The van der Waals surface area contributed by atoms with Crippen molar-refractivity contribution in [2.24, 2.45) is 4.99 Å². The van der Waals surface area contributed by atoms with E-state index in [1.807, 2.05) is 24.3 Å². The molecule has 6 heteroatoms. The van der Waals surface area contributed by atoms with Crippen LogP contribution in [0, 0.1) is 0 Å². The first-order valence-electron chi connectivity index (χ1n) is 6.45. The quantitative estimate of drug-likeness (QED) is 0.779. The molecule has 0 unspecified atom stereocenters. The third-order valence-corrected chi connectivity index (χ3v) is 4.30. The second-order valence-corrected chi connectivity index (χ2v) is 6.47. The Balaban J connectivity index is 1.86. The lowest BCUT2D eigenvalue weighted by molar-refractivity contribution is -0.115. The summed E-state index contributed by atoms with van der Waals surface area (Å²) in [6, 6.07) is 14.4. The first-order valence-corrected chi connectivity index (χ1v) is 8.06. The largest absolute Gasteiger partial charge is 0.506 e. The number of aliphatic imine (C=N–C) groups is 1. The van der Waals surface area contributed by atoms with Gasteiger partial charge in [0.2, 0.25) is 0 Å². The van der Waals surface area contributed by atoms with Crippen LogP contribution in [-0.2, 0) is 4.79 Å². The molecular formula is C16H11BrN2O2S. The van der Waals surface area contributed by atoms with E-state index in [4.69, 9.17) is 0 Å². The second kappa shape index (κ2) is 6.37. The van der Waals surface area contributed by atoms with E-state index >= 15 is 0 Å². The molecule has 0 atom stereocenters. The molecule has 0 spiro atoms. The van der Waals surface area contributed by atoms with E-state index in [-0.39, 0.29) is 11.7 Å². The molecule has 1 aliphatic rings. The number of amidine groups is 1. The van der Waals surface area contributed by atoms with Crippen molar-refractivity contribution < 1.29 is 9.90 Å². The molecule has 110 valence electrons. The van der Waals surface area contributed by atoms with Crippen LogP contribution in [0.4, 0.5) is 5.69 Å². The van der Waals surface area contributed by atoms with Crippen molar-refractivity contribution in [3.05, 3.63) is 63.5 Å². The van der Waals surface area contributed by atoms with Crippen LogP contribution in [0.2, 0.25) is 0 Å². The lowest BCUT2D eigenvalue weighted by Crippen LogP contribution is -2.19. The van der Waals surface area contributed by atoms with Gasteiger partial charge in [-0.15, -0.1) is 0 Å². The monoisotopic (exact) mass is 374 g/mol. The third kappa shape index (κ3) is 3.40. The predicted octanol–water partition coefficient (Wildman–Crippen LogP) is 4.05. The molecule has 0 aromatic heterocycles. The topological polar surface area (TPSA) is 61.7 Å². The maximum absolute atomic E-state index is 12.0. The maximum atomic E-state index is 12.0. The van der Waals surface area contributed by atoms with Crippen LogP contribution in [-0.4, -0.2) is 16.2 Å². The molecule has 2 N–H and O–H groups in total. The molecule has 3 rings (SSSR count). The molecule has 1 saturated heterocycles. The van der Waals surface area contributed by atoms with Crippen molar-refractivity contribution in [2.45, 2.75) is 0 Å². The fourth-order valence-corrected chi connectivity index (χ4v) is 3.15. The Kier molecular flexibility index (Phi) is 4.31. The maximum Gasteiger partial charge on any atom is 0.264 e. The number of nitrogens with zero attached hydrogens (tertiary/aromatic N) is 1. The van der Waals surface area contributed by atoms with Gasteiger partial charge in [0.25, 0.3) is 5.91 Å². The third-order valence-electron chi connectivity index (χ3n) is 2.90. The van der Waals surface area contributed by atoms with Crippen molar-refractivity contribution in [3.63, 3.8) is 0 Å². The molecule has 1 amide bonds. The fraction of sp³-hybridized carbons (Fsp3) is 0. The average Bonchev–Trinajstić information content (AvgIpc) is 2.81. The number of phenols is 1. The number of hydrogen-bond acceptors (Lipinski definition) is 4. The SMILES string of the molecule is O=C1NC(=Nc2ccccc2O)S/C1=C\c1cccc(Br)c1. The van der Waals surface area contributed by atoms with Crippen LogP contribution in [0.5, 0.6) is 5.75 Å². The summed E-state index contributed by atoms with van der Waals surface area (Å²) < 4.78 is 0.952. The Morgan fingerprint density at radius 1 is 1.18 bits per heavy atom. The fourth-order valence-electron chi connectivity index (χ4n) is 1.90. The van der Waals surface area contributed by atoms with Gasteiger partial charge in [0.1, 0.15) is 11.4 Å². The number of halogens is 1. The van der Waals surface area contributed by atoms with Crippen molar-refractivity contribution in [2.75, 3.05) is 0 Å². The zero-order chi connectivity index (χ0) is 15.5. The van der Waals surface area contributed by atoms with E-state index in [1.54, 1.807) is 30.3 Å². The molecule has 0 bridgehead atoms. The predicted molar refractivity (Wildman–Crippen MR) is 93.1 cm³/mol. The zero-order valence-electron chi connectivity index (χ0n) is 11.3. The van der Waals surface area contributed by atoms with Gasteiger partial charge in [-0.3, -0.25) is 4.79 Å². The second-order valence-electron chi connectivity index (χ2n) is 4.53. The van der Waals surface area contributed by atoms with Gasteiger partial charge in [-0.25, -0.2) is 4.99 Å². The van der Waals surface area contributed by atoms with Gasteiger partial charge >= 0.3 is 0 Å². The normalized spacial score (nSPS) is 18.0. The van der Waals surface area contributed by atoms with Crippen LogP contribution in [0.3, 0.4) is 0 Å². The zero-order valence-corrected chi connectivity index (χ0v) is 13.7. The molecule has 0 radical (unpaired) electrons. The van der Waals surface area contributed by atoms with Crippen LogP contribution in [0.25, 0.3) is 6.08 Å². The number of benzene rings is 2. The smallest absolute Gasteiger partial charge is 0.264 e. The molecule has 1 heterocycles. The van der Waals surface area contributed by atoms with Crippen LogP contribution in [0.15, 0.2) is 62.9 Å². The average molecular weight is 375 g/mol. The molecule has 2 aromatic rings. The highest BCUT2D eigenvalue weighted by Gasteiger charge is 2.24. The lowest BCUT2D eigenvalue weighted by atomic mass is 10.2. The summed E-state index contributed by atoms with van der Waals surface area (Å²) >= 11 is 4.65. The highest BCUT2D eigenvalue weighted by Crippen LogP contribution is 2.31. The Bertz CT molecular complexity index is 802. The summed E-state index contributed by atoms with van der Waals surface area (Å²) in [5.41, 5.74) is 1.35. The van der Waals surface area contributed by atoms with Crippen LogP contribution in [0.1, 0.15) is 5.56 Å². The summed E-state index contributed by atoms with van der Waals surface area (Å²) in [6.45, 7) is 0. The van der Waals surface area contributed by atoms with E-state index < -0.39 is 0 Å². The van der Waals surface area contributed by atoms with Crippen LogP contribution >= 0.6 is 27.7 Å². The Morgan fingerprint density at radius 2 is 2.00 bits per heavy atom. The summed E-state index contributed by atoms with van der Waals surface area (Å²) in [5.74, 6) is -0.117. The number of hydrogen-bond donors (Lipinski definition) is 2. The Morgan fingerprint density at radius 3 is 2.77 bits per heavy atom. The van der Waals surface area contributed by atoms with Gasteiger partial charge in [0.15, 0.2) is 5.17 Å². The molecule has 4 nitrogen and oxygen atoms in total. The number of nitrogens with one attached hydrogen (secondary N) is 1. The van der Waals surface area contributed by atoms with E-state index in [2.05, 4.69) is 26.2 Å². The van der Waals surface area contributed by atoms with E-state index in [9.17, 15) is 9.90 Å². The van der Waals surface area contributed by atoms with Crippen molar-refractivity contribution >= 4 is 50.5 Å². The highest BCUT2D eigenvalue weighted by molar-refractivity contribution is 9.10. The number of phenolic OH excluding ortho intramolecular Hbond substituents is 1. The van der Waals surface area contributed by atoms with Crippen LogP contribution < -0.4 is 5.32 Å². The van der Waals surface area contributed by atoms with Crippen molar-refractivity contribution in [1.82, 2.24) is 5.32 Å². The van der Waals surface area contributed by atoms with Gasteiger partial charge in [0.05, 0.1) is 4.91 Å². The molecule has 2 aromatic carbocycles. The summed E-state index contributed by atoms with van der Waals surface area (Å²) in [6.07, 6.45) is 1.80. The van der Waals surface area contributed by atoms with Gasteiger partial charge in [0, 0.05) is 4.47 Å². The van der Waals surface area contributed by atoms with E-state index in [1.165, 1.54) is 11.8 Å². The Hall–Kier alpha value is -2.05. The number of para-hydroxylation sites is 2. The number of aromatic hydroxyl groups is 1. The van der Waals surface area contributed by atoms with Gasteiger partial charge in [-0.2, -0.15) is 0 Å². The number of thioether (sulfide) groups is 1. The minimum absolute atomic E-state index is 0.0780. The first kappa shape index (κ1) is 14.9. The molecule has 0 saturated carbocycles. The number of carbonyl (C=O) groups excluding carboxylic acids is 1. The number of carbonyl (C=O) groups is 1. The van der Waals surface area contributed by atoms with Gasteiger partial charge < -0.3 is 10.4 Å². The van der Waals surface area contributed by atoms with Gasteiger partial charge in [-0.1, -0.05) is 40.2 Å². The van der Waals surface area contributed by atoms with E-state index in [0.29, 0.717) is 15.8 Å². The summed E-state index contributed by atoms with van der Waals surface area (Å²) in [4.78, 5) is 16.8. The number of rotatable bonds is 2. The molecule has 22 heavy (non-hydrogen) atoms. The lowest BCUT2D eigenvalue weighted by Gasteiger charge is -1.98. The minimum Gasteiger partial charge on any atom is -0.506 e. The first-order chi connectivity index (χ1) is 10.6. The Labute approximate surface area is 140 Å². The molecule has 0 aliphatic carbocycles. The molecule has 1 fully saturated rings. The highest BCUT2D eigenvalue weighted by atomic mass is 79.9. The van der Waals surface area contributed by atoms with Gasteiger partial charge in [-0.05, 0) is 47.7 Å². The van der Waals surface area contributed by atoms with Crippen molar-refractivity contribution in [3.8, 4) is 5.75 Å². The van der Waals surface area contributed by atoms with Crippen molar-refractivity contribution in [1.29, 1.82) is 0 Å².